The topological polar surface area (TPSA) is 93.9 Å². The summed E-state index contributed by atoms with van der Waals surface area (Å²) in [7, 11) is -3.81. The van der Waals surface area contributed by atoms with Gasteiger partial charge in [0, 0.05) is 30.6 Å². The van der Waals surface area contributed by atoms with E-state index in [9.17, 15) is 17.6 Å². The fourth-order valence-corrected chi connectivity index (χ4v) is 3.55. The van der Waals surface area contributed by atoms with Gasteiger partial charge in [0.25, 0.3) is 5.56 Å². The third kappa shape index (κ3) is 4.44. The number of nitrogens with zero attached hydrogens (tertiary/aromatic N) is 3. The highest BCUT2D eigenvalue weighted by molar-refractivity contribution is 7.89. The SMILES string of the molecule is Cc1cc(S(=O)(=O)NCCn2nc(-c3ccncc3)ccc2=O)ccc1F. The molecule has 7 nitrogen and oxygen atoms in total. The van der Waals surface area contributed by atoms with E-state index in [1.807, 2.05) is 0 Å². The van der Waals surface area contributed by atoms with E-state index in [2.05, 4.69) is 14.8 Å². The van der Waals surface area contributed by atoms with Gasteiger partial charge in [-0.2, -0.15) is 5.10 Å². The molecule has 2 heterocycles. The number of benzene rings is 1. The second-order valence-electron chi connectivity index (χ2n) is 5.82. The number of hydrogen-bond donors (Lipinski definition) is 1. The molecule has 0 aliphatic rings. The summed E-state index contributed by atoms with van der Waals surface area (Å²) < 4.78 is 41.5. The van der Waals surface area contributed by atoms with E-state index in [1.54, 1.807) is 30.6 Å². The predicted molar refractivity (Wildman–Crippen MR) is 98.1 cm³/mol. The molecule has 0 radical (unpaired) electrons. The van der Waals surface area contributed by atoms with Gasteiger partial charge < -0.3 is 0 Å². The van der Waals surface area contributed by atoms with Gasteiger partial charge in [-0.3, -0.25) is 9.78 Å². The molecule has 140 valence electrons. The van der Waals surface area contributed by atoms with Crippen LogP contribution in [0.3, 0.4) is 0 Å². The number of pyridine rings is 1. The Labute approximate surface area is 155 Å². The molecule has 0 saturated heterocycles. The third-order valence-electron chi connectivity index (χ3n) is 3.90. The van der Waals surface area contributed by atoms with Crippen molar-refractivity contribution in [3.63, 3.8) is 0 Å². The highest BCUT2D eigenvalue weighted by Gasteiger charge is 2.15. The van der Waals surface area contributed by atoms with Gasteiger partial charge in [-0.15, -0.1) is 0 Å². The van der Waals surface area contributed by atoms with E-state index >= 15 is 0 Å². The van der Waals surface area contributed by atoms with Crippen LogP contribution >= 0.6 is 0 Å². The standard InChI is InChI=1S/C18H17FN4O3S/c1-13-12-15(2-3-16(13)19)27(25,26)21-10-11-23-18(24)5-4-17(22-23)14-6-8-20-9-7-14/h2-9,12,21H,10-11H2,1H3. The summed E-state index contributed by atoms with van der Waals surface area (Å²) in [5.74, 6) is -0.474. The maximum atomic E-state index is 13.3. The van der Waals surface area contributed by atoms with Crippen LogP contribution in [0.5, 0.6) is 0 Å². The third-order valence-corrected chi connectivity index (χ3v) is 5.36. The largest absolute Gasteiger partial charge is 0.268 e. The first kappa shape index (κ1) is 18.9. The predicted octanol–water partition coefficient (Wildman–Crippen LogP) is 1.73. The summed E-state index contributed by atoms with van der Waals surface area (Å²) in [6.45, 7) is 1.51. The average molecular weight is 388 g/mol. The maximum absolute atomic E-state index is 13.3. The van der Waals surface area contributed by atoms with Crippen molar-refractivity contribution in [2.24, 2.45) is 0 Å². The molecule has 1 N–H and O–H groups in total. The Kier molecular flexibility index (Phi) is 5.43. The lowest BCUT2D eigenvalue weighted by Crippen LogP contribution is -2.32. The van der Waals surface area contributed by atoms with Crippen molar-refractivity contribution in [3.05, 3.63) is 76.6 Å². The fraction of sp³-hybridized carbons (Fsp3) is 0.167. The number of aromatic nitrogens is 3. The summed E-state index contributed by atoms with van der Waals surface area (Å²) in [4.78, 5) is 15.9. The first-order valence-corrected chi connectivity index (χ1v) is 9.59. The van der Waals surface area contributed by atoms with Gasteiger partial charge >= 0.3 is 0 Å². The Morgan fingerprint density at radius 3 is 2.56 bits per heavy atom. The minimum Gasteiger partial charge on any atom is -0.268 e. The smallest absolute Gasteiger partial charge is 0.266 e. The van der Waals surface area contributed by atoms with Crippen molar-refractivity contribution >= 4 is 10.0 Å². The molecule has 27 heavy (non-hydrogen) atoms. The molecule has 0 saturated carbocycles. The minimum absolute atomic E-state index is 0.0350. The molecule has 0 amide bonds. The van der Waals surface area contributed by atoms with Gasteiger partial charge in [-0.1, -0.05) is 0 Å². The van der Waals surface area contributed by atoms with Crippen molar-refractivity contribution in [2.45, 2.75) is 18.4 Å². The Hall–Kier alpha value is -2.91. The minimum atomic E-state index is -3.81. The molecule has 0 fully saturated rings. The van der Waals surface area contributed by atoms with Crippen molar-refractivity contribution in [1.82, 2.24) is 19.5 Å². The second kappa shape index (κ2) is 7.77. The van der Waals surface area contributed by atoms with Gasteiger partial charge in [0.05, 0.1) is 17.1 Å². The van der Waals surface area contributed by atoms with Crippen molar-refractivity contribution in [3.8, 4) is 11.3 Å². The maximum Gasteiger partial charge on any atom is 0.266 e. The number of hydrogen-bond acceptors (Lipinski definition) is 5. The lowest BCUT2D eigenvalue weighted by Gasteiger charge is -2.10. The van der Waals surface area contributed by atoms with Crippen LogP contribution in [-0.2, 0) is 16.6 Å². The summed E-state index contributed by atoms with van der Waals surface area (Å²) in [5.41, 5.74) is 1.26. The monoisotopic (exact) mass is 388 g/mol. The summed E-state index contributed by atoms with van der Waals surface area (Å²) >= 11 is 0. The highest BCUT2D eigenvalue weighted by Crippen LogP contribution is 2.14. The van der Waals surface area contributed by atoms with Crippen LogP contribution in [0.2, 0.25) is 0 Å². The van der Waals surface area contributed by atoms with Crippen LogP contribution in [0, 0.1) is 12.7 Å². The quantitative estimate of drug-likeness (QED) is 0.694. The normalized spacial score (nSPS) is 11.5. The van der Waals surface area contributed by atoms with Crippen LogP contribution < -0.4 is 10.3 Å². The number of aryl methyl sites for hydroxylation is 1. The Bertz CT molecular complexity index is 1110. The van der Waals surface area contributed by atoms with Crippen LogP contribution in [0.25, 0.3) is 11.3 Å². The zero-order valence-electron chi connectivity index (χ0n) is 14.5. The fourth-order valence-electron chi connectivity index (χ4n) is 2.44. The summed E-state index contributed by atoms with van der Waals surface area (Å²) in [5, 5.41) is 4.25. The Balaban J connectivity index is 1.73. The zero-order chi connectivity index (χ0) is 19.4. The van der Waals surface area contributed by atoms with Crippen LogP contribution in [-0.4, -0.2) is 29.7 Å². The second-order valence-corrected chi connectivity index (χ2v) is 7.59. The van der Waals surface area contributed by atoms with Crippen molar-refractivity contribution < 1.29 is 12.8 Å². The van der Waals surface area contributed by atoms with E-state index in [0.717, 1.165) is 11.6 Å². The molecule has 0 atom stereocenters. The number of rotatable bonds is 6. The lowest BCUT2D eigenvalue weighted by atomic mass is 10.2. The van der Waals surface area contributed by atoms with Gasteiger partial charge in [0.2, 0.25) is 10.0 Å². The van der Waals surface area contributed by atoms with Crippen LogP contribution in [0.15, 0.2) is 64.5 Å². The first-order valence-electron chi connectivity index (χ1n) is 8.11. The van der Waals surface area contributed by atoms with Gasteiger partial charge in [0.15, 0.2) is 0 Å². The molecule has 0 spiro atoms. The molecule has 2 aromatic heterocycles. The van der Waals surface area contributed by atoms with Gasteiger partial charge in [-0.05, 0) is 48.9 Å². The molecule has 1 aromatic carbocycles. The zero-order valence-corrected chi connectivity index (χ0v) is 15.3. The molecule has 0 aliphatic heterocycles. The molecule has 0 unspecified atom stereocenters. The Morgan fingerprint density at radius 2 is 1.85 bits per heavy atom. The number of sulfonamides is 1. The van der Waals surface area contributed by atoms with Crippen molar-refractivity contribution in [2.75, 3.05) is 6.54 Å². The summed E-state index contributed by atoms with van der Waals surface area (Å²) in [6, 6.07) is 10.0. The molecule has 9 heteroatoms. The Morgan fingerprint density at radius 1 is 1.11 bits per heavy atom. The van der Waals surface area contributed by atoms with Gasteiger partial charge in [0.1, 0.15) is 5.82 Å². The average Bonchev–Trinajstić information content (AvgIpc) is 2.66. The molecular weight excluding hydrogens is 371 g/mol. The lowest BCUT2D eigenvalue weighted by molar-refractivity contribution is 0.548. The van der Waals surface area contributed by atoms with E-state index in [0.29, 0.717) is 5.69 Å². The number of nitrogens with one attached hydrogen (secondary N) is 1. The van der Waals surface area contributed by atoms with Gasteiger partial charge in [-0.25, -0.2) is 22.2 Å². The molecule has 0 aliphatic carbocycles. The molecule has 0 bridgehead atoms. The summed E-state index contributed by atoms with van der Waals surface area (Å²) in [6.07, 6.45) is 3.23. The molecule has 3 rings (SSSR count). The van der Waals surface area contributed by atoms with Crippen LogP contribution in [0.1, 0.15) is 5.56 Å². The van der Waals surface area contributed by atoms with Crippen LogP contribution in [0.4, 0.5) is 4.39 Å². The van der Waals surface area contributed by atoms with Crippen molar-refractivity contribution in [1.29, 1.82) is 0 Å². The first-order chi connectivity index (χ1) is 12.9. The molecular formula is C18H17FN4O3S. The molecule has 3 aromatic rings. The number of halogens is 1. The van der Waals surface area contributed by atoms with E-state index in [1.165, 1.54) is 29.8 Å². The highest BCUT2D eigenvalue weighted by atomic mass is 32.2. The van der Waals surface area contributed by atoms with E-state index in [-0.39, 0.29) is 29.1 Å². The van der Waals surface area contributed by atoms with E-state index < -0.39 is 15.8 Å². The van der Waals surface area contributed by atoms with E-state index in [4.69, 9.17) is 0 Å².